The van der Waals surface area contributed by atoms with E-state index in [1.807, 2.05) is 12.1 Å². The van der Waals surface area contributed by atoms with Gasteiger partial charge in [0.15, 0.2) is 0 Å². The lowest BCUT2D eigenvalue weighted by Gasteiger charge is -2.10. The van der Waals surface area contributed by atoms with E-state index in [9.17, 15) is 4.79 Å². The third-order valence-electron chi connectivity index (χ3n) is 2.55. The van der Waals surface area contributed by atoms with Gasteiger partial charge >= 0.3 is 0 Å². The van der Waals surface area contributed by atoms with Crippen molar-refractivity contribution in [1.82, 2.24) is 5.32 Å². The van der Waals surface area contributed by atoms with Gasteiger partial charge < -0.3 is 10.6 Å². The molecule has 0 spiro atoms. The van der Waals surface area contributed by atoms with Crippen LogP contribution in [0, 0.1) is 13.8 Å². The number of hydrogen-bond donors (Lipinski definition) is 2. The Kier molecular flexibility index (Phi) is 4.16. The van der Waals surface area contributed by atoms with Crippen molar-refractivity contribution in [2.75, 3.05) is 18.9 Å². The number of amides is 1. The summed E-state index contributed by atoms with van der Waals surface area (Å²) in [5.74, 6) is 0.0628. The van der Waals surface area contributed by atoms with Crippen LogP contribution in [-0.2, 0) is 4.79 Å². The molecule has 0 saturated carbocycles. The van der Waals surface area contributed by atoms with E-state index < -0.39 is 0 Å². The van der Waals surface area contributed by atoms with Crippen molar-refractivity contribution in [3.8, 4) is 0 Å². The monoisotopic (exact) mass is 206 g/mol. The van der Waals surface area contributed by atoms with E-state index >= 15 is 0 Å². The predicted molar refractivity (Wildman–Crippen MR) is 63.1 cm³/mol. The Morgan fingerprint density at radius 3 is 2.73 bits per heavy atom. The summed E-state index contributed by atoms with van der Waals surface area (Å²) < 4.78 is 0. The molecule has 0 unspecified atom stereocenters. The molecule has 0 aliphatic heterocycles. The van der Waals surface area contributed by atoms with E-state index in [1.54, 1.807) is 7.05 Å². The van der Waals surface area contributed by atoms with Crippen molar-refractivity contribution >= 4 is 11.6 Å². The van der Waals surface area contributed by atoms with E-state index in [-0.39, 0.29) is 5.91 Å². The van der Waals surface area contributed by atoms with Crippen LogP contribution in [0.5, 0.6) is 0 Å². The number of carbonyl (C=O) groups is 1. The van der Waals surface area contributed by atoms with Crippen LogP contribution in [0.15, 0.2) is 18.2 Å². The number of hydrogen-bond acceptors (Lipinski definition) is 2. The smallest absolute Gasteiger partial charge is 0.221 e. The van der Waals surface area contributed by atoms with Gasteiger partial charge in [0.05, 0.1) is 0 Å². The molecule has 0 bridgehead atoms. The maximum atomic E-state index is 11.0. The summed E-state index contributed by atoms with van der Waals surface area (Å²) in [7, 11) is 1.65. The third-order valence-corrected chi connectivity index (χ3v) is 2.55. The van der Waals surface area contributed by atoms with Crippen LogP contribution in [-0.4, -0.2) is 19.5 Å². The summed E-state index contributed by atoms with van der Waals surface area (Å²) >= 11 is 0. The van der Waals surface area contributed by atoms with Gasteiger partial charge in [-0.05, 0) is 31.0 Å². The first-order chi connectivity index (χ1) is 7.15. The number of benzene rings is 1. The molecule has 3 heteroatoms. The standard InChI is InChI=1S/C12H18N2O/c1-9-5-4-6-11(10(9)2)14-8-7-12(15)13-3/h4-6,14H,7-8H2,1-3H3,(H,13,15). The highest BCUT2D eigenvalue weighted by Gasteiger charge is 2.01. The van der Waals surface area contributed by atoms with Gasteiger partial charge in [0.1, 0.15) is 0 Å². The Bertz CT molecular complexity index is 347. The average Bonchev–Trinajstić information content (AvgIpc) is 2.24. The fourth-order valence-electron chi connectivity index (χ4n) is 1.38. The maximum absolute atomic E-state index is 11.0. The molecule has 2 N–H and O–H groups in total. The molecule has 1 aromatic carbocycles. The lowest BCUT2D eigenvalue weighted by molar-refractivity contribution is -0.120. The minimum atomic E-state index is 0.0628. The van der Waals surface area contributed by atoms with Crippen LogP contribution < -0.4 is 10.6 Å². The lowest BCUT2D eigenvalue weighted by atomic mass is 10.1. The minimum Gasteiger partial charge on any atom is -0.384 e. The largest absolute Gasteiger partial charge is 0.384 e. The molecule has 3 nitrogen and oxygen atoms in total. The highest BCUT2D eigenvalue weighted by Crippen LogP contribution is 2.17. The average molecular weight is 206 g/mol. The summed E-state index contributed by atoms with van der Waals surface area (Å²) in [6, 6.07) is 6.13. The minimum absolute atomic E-state index is 0.0628. The van der Waals surface area contributed by atoms with Crippen LogP contribution in [0.1, 0.15) is 17.5 Å². The molecule has 82 valence electrons. The molecule has 1 aromatic rings. The van der Waals surface area contributed by atoms with Crippen LogP contribution in [0.25, 0.3) is 0 Å². The van der Waals surface area contributed by atoms with Crippen LogP contribution >= 0.6 is 0 Å². The van der Waals surface area contributed by atoms with Gasteiger partial charge in [0, 0.05) is 25.7 Å². The molecule has 15 heavy (non-hydrogen) atoms. The summed E-state index contributed by atoms with van der Waals surface area (Å²) in [5, 5.41) is 5.86. The molecule has 0 saturated heterocycles. The third kappa shape index (κ3) is 3.27. The Labute approximate surface area is 90.9 Å². The molecule has 0 atom stereocenters. The van der Waals surface area contributed by atoms with Crippen molar-refractivity contribution in [1.29, 1.82) is 0 Å². The zero-order chi connectivity index (χ0) is 11.3. The number of anilines is 1. The summed E-state index contributed by atoms with van der Waals surface area (Å²) in [5.41, 5.74) is 3.62. The molecule has 0 aliphatic rings. The van der Waals surface area contributed by atoms with Gasteiger partial charge in [-0.2, -0.15) is 0 Å². The summed E-state index contributed by atoms with van der Waals surface area (Å²) in [6.45, 7) is 4.83. The van der Waals surface area contributed by atoms with Crippen molar-refractivity contribution < 1.29 is 4.79 Å². The van der Waals surface area contributed by atoms with Crippen molar-refractivity contribution in [3.05, 3.63) is 29.3 Å². The highest BCUT2D eigenvalue weighted by molar-refractivity contribution is 5.76. The zero-order valence-electron chi connectivity index (χ0n) is 9.55. The molecular formula is C12H18N2O. The Morgan fingerprint density at radius 2 is 2.07 bits per heavy atom. The van der Waals surface area contributed by atoms with Gasteiger partial charge in [-0.25, -0.2) is 0 Å². The van der Waals surface area contributed by atoms with E-state index in [1.165, 1.54) is 11.1 Å². The van der Waals surface area contributed by atoms with E-state index in [0.717, 1.165) is 5.69 Å². The molecule has 0 fully saturated rings. The molecular weight excluding hydrogens is 188 g/mol. The Hall–Kier alpha value is -1.51. The zero-order valence-corrected chi connectivity index (χ0v) is 9.55. The first-order valence-electron chi connectivity index (χ1n) is 5.16. The molecule has 1 amide bonds. The Morgan fingerprint density at radius 1 is 1.33 bits per heavy atom. The Balaban J connectivity index is 2.51. The summed E-state index contributed by atoms with van der Waals surface area (Å²) in [6.07, 6.45) is 0.504. The SMILES string of the molecule is CNC(=O)CCNc1cccc(C)c1C. The first kappa shape index (κ1) is 11.6. The number of nitrogens with one attached hydrogen (secondary N) is 2. The fourth-order valence-corrected chi connectivity index (χ4v) is 1.38. The normalized spacial score (nSPS) is 9.80. The van der Waals surface area contributed by atoms with Gasteiger partial charge in [0.25, 0.3) is 0 Å². The van der Waals surface area contributed by atoms with Crippen LogP contribution in [0.2, 0.25) is 0 Å². The first-order valence-corrected chi connectivity index (χ1v) is 5.16. The second kappa shape index (κ2) is 5.39. The van der Waals surface area contributed by atoms with Crippen LogP contribution in [0.4, 0.5) is 5.69 Å². The highest BCUT2D eigenvalue weighted by atomic mass is 16.1. The quantitative estimate of drug-likeness (QED) is 0.789. The second-order valence-corrected chi connectivity index (χ2v) is 3.60. The van der Waals surface area contributed by atoms with Gasteiger partial charge in [0.2, 0.25) is 5.91 Å². The summed E-state index contributed by atoms with van der Waals surface area (Å²) in [4.78, 5) is 11.0. The molecule has 1 rings (SSSR count). The molecule has 0 aromatic heterocycles. The van der Waals surface area contributed by atoms with Gasteiger partial charge in [-0.1, -0.05) is 12.1 Å². The van der Waals surface area contributed by atoms with Crippen molar-refractivity contribution in [3.63, 3.8) is 0 Å². The fraction of sp³-hybridized carbons (Fsp3) is 0.417. The number of aryl methyl sites for hydroxylation is 1. The van der Waals surface area contributed by atoms with Gasteiger partial charge in [-0.15, -0.1) is 0 Å². The van der Waals surface area contributed by atoms with E-state index in [4.69, 9.17) is 0 Å². The molecule has 0 radical (unpaired) electrons. The topological polar surface area (TPSA) is 41.1 Å². The van der Waals surface area contributed by atoms with E-state index in [0.29, 0.717) is 13.0 Å². The molecule has 0 aliphatic carbocycles. The maximum Gasteiger partial charge on any atom is 0.221 e. The van der Waals surface area contributed by atoms with Crippen molar-refractivity contribution in [2.24, 2.45) is 0 Å². The molecule has 0 heterocycles. The van der Waals surface area contributed by atoms with Gasteiger partial charge in [-0.3, -0.25) is 4.79 Å². The lowest BCUT2D eigenvalue weighted by Crippen LogP contribution is -2.21. The number of carbonyl (C=O) groups excluding carboxylic acids is 1. The van der Waals surface area contributed by atoms with Crippen molar-refractivity contribution in [2.45, 2.75) is 20.3 Å². The second-order valence-electron chi connectivity index (χ2n) is 3.60. The van der Waals surface area contributed by atoms with Crippen LogP contribution in [0.3, 0.4) is 0 Å². The predicted octanol–water partition coefficient (Wildman–Crippen LogP) is 1.85. The number of rotatable bonds is 4. The van der Waals surface area contributed by atoms with E-state index in [2.05, 4.69) is 30.5 Å².